The van der Waals surface area contributed by atoms with Crippen molar-refractivity contribution in [1.29, 1.82) is 0 Å². The first kappa shape index (κ1) is 18.6. The molecule has 10 heteroatoms. The maximum Gasteiger partial charge on any atom is 0.338 e. The number of hydrogen-bond acceptors (Lipinski definition) is 6. The second-order valence-electron chi connectivity index (χ2n) is 4.48. The Bertz CT molecular complexity index is 712. The van der Waals surface area contributed by atoms with Gasteiger partial charge in [0.15, 0.2) is 0 Å². The van der Waals surface area contributed by atoms with Crippen LogP contribution in [0.1, 0.15) is 27.1 Å². The van der Waals surface area contributed by atoms with Gasteiger partial charge in [-0.05, 0) is 18.6 Å². The Morgan fingerprint density at radius 2 is 1.78 bits per heavy atom. The molecular formula is C13H15NO8S. The van der Waals surface area contributed by atoms with Crippen molar-refractivity contribution in [2.75, 3.05) is 12.9 Å². The Kier molecular flexibility index (Phi) is 6.22. The molecular weight excluding hydrogens is 330 g/mol. The van der Waals surface area contributed by atoms with Gasteiger partial charge in [0.05, 0.1) is 24.0 Å². The quantitative estimate of drug-likeness (QED) is 0.460. The Balaban J connectivity index is 2.96. The second kappa shape index (κ2) is 7.70. The van der Waals surface area contributed by atoms with Crippen LogP contribution in [0.2, 0.25) is 0 Å². The molecule has 0 saturated heterocycles. The van der Waals surface area contributed by atoms with E-state index in [-0.39, 0.29) is 11.1 Å². The highest BCUT2D eigenvalue weighted by atomic mass is 32.2. The minimum atomic E-state index is -4.37. The second-order valence-corrected chi connectivity index (χ2v) is 6.05. The van der Waals surface area contributed by atoms with Gasteiger partial charge < -0.3 is 15.2 Å². The molecule has 1 aromatic carbocycles. The lowest BCUT2D eigenvalue weighted by Gasteiger charge is -2.15. The number of aliphatic carboxylic acids is 1. The van der Waals surface area contributed by atoms with Crippen LogP contribution in [-0.2, 0) is 19.6 Å². The van der Waals surface area contributed by atoms with E-state index in [9.17, 15) is 22.8 Å². The van der Waals surface area contributed by atoms with E-state index in [1.54, 1.807) is 0 Å². The van der Waals surface area contributed by atoms with E-state index in [0.717, 1.165) is 7.11 Å². The molecule has 0 heterocycles. The molecule has 3 N–H and O–H groups in total. The predicted octanol–water partition coefficient (Wildman–Crippen LogP) is -0.0659. The number of carboxylic acids is 1. The largest absolute Gasteiger partial charge is 0.480 e. The first-order valence-corrected chi connectivity index (χ1v) is 7.93. The third-order valence-electron chi connectivity index (χ3n) is 2.84. The molecule has 1 amide bonds. The number of rotatable bonds is 7. The molecule has 1 atom stereocenters. The van der Waals surface area contributed by atoms with Crippen molar-refractivity contribution in [3.63, 3.8) is 0 Å². The van der Waals surface area contributed by atoms with Crippen LogP contribution in [0.5, 0.6) is 0 Å². The standard InChI is InChI=1S/C13H15NO8S/c1-22-13(18)9-5-3-2-4-8(9)11(15)14-10(12(16)17)6-7-23(19,20)21/h2-5,10H,6-7H2,1H3,(H,14,15)(H,16,17)(H,19,20,21)/t10-/m0/s1. The van der Waals surface area contributed by atoms with E-state index in [0.29, 0.717) is 0 Å². The van der Waals surface area contributed by atoms with Crippen LogP contribution in [-0.4, -0.2) is 54.8 Å². The first-order valence-electron chi connectivity index (χ1n) is 6.32. The van der Waals surface area contributed by atoms with E-state index in [1.165, 1.54) is 24.3 Å². The first-order chi connectivity index (χ1) is 10.7. The number of nitrogens with one attached hydrogen (secondary N) is 1. The van der Waals surface area contributed by atoms with E-state index in [1.807, 2.05) is 0 Å². The van der Waals surface area contributed by atoms with Crippen molar-refractivity contribution >= 4 is 28.0 Å². The summed E-state index contributed by atoms with van der Waals surface area (Å²) in [6.07, 6.45) is -0.527. The molecule has 0 spiro atoms. The lowest BCUT2D eigenvalue weighted by Crippen LogP contribution is -2.42. The summed E-state index contributed by atoms with van der Waals surface area (Å²) in [6.45, 7) is 0. The maximum atomic E-state index is 12.1. The highest BCUT2D eigenvalue weighted by Gasteiger charge is 2.25. The van der Waals surface area contributed by atoms with Gasteiger partial charge in [-0.15, -0.1) is 0 Å². The SMILES string of the molecule is COC(=O)c1ccccc1C(=O)N[C@@H](CCS(=O)(=O)O)C(=O)O. The topological polar surface area (TPSA) is 147 Å². The van der Waals surface area contributed by atoms with Gasteiger partial charge in [-0.3, -0.25) is 9.35 Å². The third-order valence-corrected chi connectivity index (χ3v) is 3.60. The van der Waals surface area contributed by atoms with Crippen molar-refractivity contribution in [1.82, 2.24) is 5.32 Å². The minimum absolute atomic E-state index is 0.0635. The summed E-state index contributed by atoms with van der Waals surface area (Å²) in [5, 5.41) is 11.1. The number of carbonyl (C=O) groups is 3. The summed E-state index contributed by atoms with van der Waals surface area (Å²) in [5.41, 5.74) is -0.177. The average Bonchev–Trinajstić information content (AvgIpc) is 2.49. The third kappa shape index (κ3) is 5.68. The van der Waals surface area contributed by atoms with Crippen molar-refractivity contribution in [2.24, 2.45) is 0 Å². The van der Waals surface area contributed by atoms with Crippen LogP contribution in [0.4, 0.5) is 0 Å². The molecule has 1 aromatic rings. The highest BCUT2D eigenvalue weighted by molar-refractivity contribution is 7.85. The molecule has 0 aromatic heterocycles. The lowest BCUT2D eigenvalue weighted by atomic mass is 10.1. The Morgan fingerprint density at radius 1 is 1.22 bits per heavy atom. The van der Waals surface area contributed by atoms with E-state index in [2.05, 4.69) is 10.1 Å². The Morgan fingerprint density at radius 3 is 2.26 bits per heavy atom. The number of amides is 1. The molecule has 23 heavy (non-hydrogen) atoms. The minimum Gasteiger partial charge on any atom is -0.480 e. The summed E-state index contributed by atoms with van der Waals surface area (Å²) in [5.74, 6) is -3.96. The zero-order valence-electron chi connectivity index (χ0n) is 12.1. The van der Waals surface area contributed by atoms with Crippen molar-refractivity contribution in [2.45, 2.75) is 12.5 Å². The zero-order valence-corrected chi connectivity index (χ0v) is 12.9. The fourth-order valence-electron chi connectivity index (χ4n) is 1.73. The Labute approximate surface area is 132 Å². The summed E-state index contributed by atoms with van der Waals surface area (Å²) < 4.78 is 34.5. The average molecular weight is 345 g/mol. The van der Waals surface area contributed by atoms with Crippen molar-refractivity contribution < 1.29 is 37.2 Å². The lowest BCUT2D eigenvalue weighted by molar-refractivity contribution is -0.139. The molecule has 1 rings (SSSR count). The summed E-state index contributed by atoms with van der Waals surface area (Å²) >= 11 is 0. The maximum absolute atomic E-state index is 12.1. The van der Waals surface area contributed by atoms with Crippen molar-refractivity contribution in [3.8, 4) is 0 Å². The van der Waals surface area contributed by atoms with Crippen molar-refractivity contribution in [3.05, 3.63) is 35.4 Å². The summed E-state index contributed by atoms with van der Waals surface area (Å²) in [6, 6.07) is 4.04. The fourth-order valence-corrected chi connectivity index (χ4v) is 2.26. The van der Waals surface area contributed by atoms with Crippen LogP contribution in [0.25, 0.3) is 0 Å². The number of benzene rings is 1. The summed E-state index contributed by atoms with van der Waals surface area (Å²) in [7, 11) is -3.24. The smallest absolute Gasteiger partial charge is 0.338 e. The molecule has 0 aliphatic rings. The summed E-state index contributed by atoms with van der Waals surface area (Å²) in [4.78, 5) is 34.8. The van der Waals surface area contributed by atoms with Crippen LogP contribution in [0, 0.1) is 0 Å². The number of methoxy groups -OCH3 is 1. The van der Waals surface area contributed by atoms with Gasteiger partial charge >= 0.3 is 11.9 Å². The Hall–Kier alpha value is -2.46. The molecule has 0 aliphatic carbocycles. The molecule has 0 radical (unpaired) electrons. The van der Waals surface area contributed by atoms with Crippen LogP contribution in [0.3, 0.4) is 0 Å². The van der Waals surface area contributed by atoms with Gasteiger partial charge in [-0.2, -0.15) is 8.42 Å². The van der Waals surface area contributed by atoms with Crippen LogP contribution >= 0.6 is 0 Å². The molecule has 126 valence electrons. The highest BCUT2D eigenvalue weighted by Crippen LogP contribution is 2.11. The number of carbonyl (C=O) groups excluding carboxylic acids is 2. The van der Waals surface area contributed by atoms with Gasteiger partial charge in [0.25, 0.3) is 16.0 Å². The number of carboxylic acid groups (broad SMARTS) is 1. The number of ether oxygens (including phenoxy) is 1. The van der Waals surface area contributed by atoms with Gasteiger partial charge in [-0.1, -0.05) is 12.1 Å². The van der Waals surface area contributed by atoms with Crippen LogP contribution in [0.15, 0.2) is 24.3 Å². The molecule has 0 saturated carbocycles. The molecule has 9 nitrogen and oxygen atoms in total. The fraction of sp³-hybridized carbons (Fsp3) is 0.308. The zero-order chi connectivity index (χ0) is 17.6. The molecule has 0 unspecified atom stereocenters. The molecule has 0 bridgehead atoms. The van der Waals surface area contributed by atoms with E-state index < -0.39 is 46.2 Å². The number of esters is 1. The van der Waals surface area contributed by atoms with Crippen LogP contribution < -0.4 is 5.32 Å². The number of hydrogen-bond donors (Lipinski definition) is 3. The van der Waals surface area contributed by atoms with Gasteiger partial charge in [0.2, 0.25) is 0 Å². The molecule has 0 fully saturated rings. The van der Waals surface area contributed by atoms with E-state index >= 15 is 0 Å². The van der Waals surface area contributed by atoms with Gasteiger partial charge in [-0.25, -0.2) is 9.59 Å². The normalized spacial score (nSPS) is 12.3. The van der Waals surface area contributed by atoms with Gasteiger partial charge in [0, 0.05) is 0 Å². The monoisotopic (exact) mass is 345 g/mol. The predicted molar refractivity (Wildman–Crippen MR) is 77.7 cm³/mol. The molecule has 0 aliphatic heterocycles. The van der Waals surface area contributed by atoms with Gasteiger partial charge in [0.1, 0.15) is 6.04 Å². The van der Waals surface area contributed by atoms with E-state index in [4.69, 9.17) is 9.66 Å².